The van der Waals surface area contributed by atoms with Gasteiger partial charge in [0, 0.05) is 5.56 Å². The van der Waals surface area contributed by atoms with Crippen molar-refractivity contribution < 1.29 is 22.7 Å². The largest absolute Gasteiger partial charge is 0.494 e. The topological polar surface area (TPSA) is 63.1 Å². The van der Waals surface area contributed by atoms with Crippen LogP contribution in [0, 0.1) is 0 Å². The van der Waals surface area contributed by atoms with Gasteiger partial charge in [-0.15, -0.1) is 0 Å². The van der Waals surface area contributed by atoms with Crippen LogP contribution in [-0.2, 0) is 11.0 Å². The summed E-state index contributed by atoms with van der Waals surface area (Å²) in [5, 5.41) is 3.05. The standard InChI is InChI=1S/C24H25ClF3N3O2S/c1-4-5-12-33-17-9-6-15(7-10-17)21-22(31-23(2,3)30-21)34-14-20(32)29-19-13-16(24(26,27)28)8-11-18(19)25/h6-11,13H,4-5,12,14H2,1-3H3,(H,29,32). The number of aliphatic imine (C=N–C) groups is 2. The Labute approximate surface area is 205 Å². The number of hydrogen-bond donors (Lipinski definition) is 1. The Morgan fingerprint density at radius 1 is 1.15 bits per heavy atom. The van der Waals surface area contributed by atoms with E-state index >= 15 is 0 Å². The molecule has 10 heteroatoms. The predicted octanol–water partition coefficient (Wildman–Crippen LogP) is 6.85. The van der Waals surface area contributed by atoms with Crippen molar-refractivity contribution in [2.75, 3.05) is 17.7 Å². The van der Waals surface area contributed by atoms with Crippen LogP contribution < -0.4 is 10.1 Å². The van der Waals surface area contributed by atoms with Crippen molar-refractivity contribution in [1.29, 1.82) is 0 Å². The molecule has 2 aromatic carbocycles. The number of benzene rings is 2. The molecule has 1 aliphatic rings. The zero-order valence-corrected chi connectivity index (χ0v) is 20.6. The highest BCUT2D eigenvalue weighted by molar-refractivity contribution is 8.16. The second-order valence-electron chi connectivity index (χ2n) is 8.13. The van der Waals surface area contributed by atoms with Gasteiger partial charge >= 0.3 is 6.18 Å². The maximum absolute atomic E-state index is 13.0. The minimum atomic E-state index is -4.54. The number of carbonyl (C=O) groups excluding carboxylic acids is 1. The van der Waals surface area contributed by atoms with Crippen molar-refractivity contribution in [3.63, 3.8) is 0 Å². The number of nitrogens with zero attached hydrogens (tertiary/aromatic N) is 2. The van der Waals surface area contributed by atoms with Gasteiger partial charge in [-0.1, -0.05) is 36.7 Å². The lowest BCUT2D eigenvalue weighted by Crippen LogP contribution is -2.18. The third kappa shape index (κ3) is 6.99. The summed E-state index contributed by atoms with van der Waals surface area (Å²) in [4.78, 5) is 21.7. The summed E-state index contributed by atoms with van der Waals surface area (Å²) in [6, 6.07) is 10.3. The summed E-state index contributed by atoms with van der Waals surface area (Å²) < 4.78 is 44.6. The molecule has 0 saturated heterocycles. The maximum atomic E-state index is 13.0. The number of nitrogens with one attached hydrogen (secondary N) is 1. The lowest BCUT2D eigenvalue weighted by Gasteiger charge is -2.12. The average Bonchev–Trinajstić information content (AvgIpc) is 3.08. The van der Waals surface area contributed by atoms with Crippen molar-refractivity contribution in [3.8, 4) is 5.75 Å². The molecule has 0 radical (unpaired) electrons. The first-order valence-corrected chi connectivity index (χ1v) is 12.1. The lowest BCUT2D eigenvalue weighted by atomic mass is 10.1. The quantitative estimate of drug-likeness (QED) is 0.394. The number of alkyl halides is 3. The van der Waals surface area contributed by atoms with E-state index in [2.05, 4.69) is 22.2 Å². The number of unbranched alkanes of at least 4 members (excludes halogenated alkanes) is 1. The number of thioether (sulfide) groups is 1. The van der Waals surface area contributed by atoms with Crippen LogP contribution in [0.4, 0.5) is 18.9 Å². The molecular weight excluding hydrogens is 487 g/mol. The zero-order chi connectivity index (χ0) is 24.9. The molecule has 0 atom stereocenters. The van der Waals surface area contributed by atoms with Crippen molar-refractivity contribution in [2.24, 2.45) is 9.98 Å². The lowest BCUT2D eigenvalue weighted by molar-refractivity contribution is -0.137. The molecule has 0 bridgehead atoms. The molecule has 0 aromatic heterocycles. The molecule has 1 amide bonds. The average molecular weight is 512 g/mol. The van der Waals surface area contributed by atoms with E-state index in [-0.39, 0.29) is 16.5 Å². The van der Waals surface area contributed by atoms with Crippen LogP contribution in [0.25, 0.3) is 0 Å². The summed E-state index contributed by atoms with van der Waals surface area (Å²) >= 11 is 7.13. The van der Waals surface area contributed by atoms with Gasteiger partial charge in [-0.25, -0.2) is 4.99 Å². The number of anilines is 1. The van der Waals surface area contributed by atoms with Crippen LogP contribution in [0.5, 0.6) is 5.75 Å². The van der Waals surface area contributed by atoms with E-state index in [0.717, 1.165) is 54.1 Å². The molecular formula is C24H25ClF3N3O2S. The molecule has 1 heterocycles. The summed E-state index contributed by atoms with van der Waals surface area (Å²) in [6.07, 6.45) is -2.51. The molecule has 0 unspecified atom stereocenters. The van der Waals surface area contributed by atoms with Crippen molar-refractivity contribution in [3.05, 3.63) is 58.6 Å². The SMILES string of the molecule is CCCCOc1ccc(C2=NC(C)(C)N=C2SCC(=O)Nc2cc(C(F)(F)F)ccc2Cl)cc1. The molecule has 182 valence electrons. The second kappa shape index (κ2) is 10.8. The highest BCUT2D eigenvalue weighted by Crippen LogP contribution is 2.34. The van der Waals surface area contributed by atoms with Crippen LogP contribution >= 0.6 is 23.4 Å². The summed E-state index contributed by atoms with van der Waals surface area (Å²) in [5.74, 6) is 0.190. The Bertz CT molecular complexity index is 1100. The molecule has 1 N–H and O–H groups in total. The number of ether oxygens (including phenoxy) is 1. The van der Waals surface area contributed by atoms with E-state index in [1.165, 1.54) is 0 Å². The van der Waals surface area contributed by atoms with E-state index in [1.54, 1.807) is 0 Å². The van der Waals surface area contributed by atoms with Crippen LogP contribution in [-0.4, -0.2) is 34.7 Å². The maximum Gasteiger partial charge on any atom is 0.416 e. The normalized spacial score (nSPS) is 15.0. The molecule has 5 nitrogen and oxygen atoms in total. The smallest absolute Gasteiger partial charge is 0.416 e. The molecule has 0 fully saturated rings. The molecule has 0 aliphatic carbocycles. The Morgan fingerprint density at radius 3 is 2.50 bits per heavy atom. The highest BCUT2D eigenvalue weighted by atomic mass is 35.5. The Hall–Kier alpha value is -2.52. The fourth-order valence-corrected chi connectivity index (χ4v) is 4.19. The van der Waals surface area contributed by atoms with Gasteiger partial charge in [-0.2, -0.15) is 13.2 Å². The van der Waals surface area contributed by atoms with Crippen molar-refractivity contribution in [2.45, 2.75) is 45.5 Å². The van der Waals surface area contributed by atoms with Crippen molar-refractivity contribution >= 4 is 45.7 Å². The van der Waals surface area contributed by atoms with Gasteiger partial charge in [0.2, 0.25) is 5.91 Å². The molecule has 1 aliphatic heterocycles. The Kier molecular flexibility index (Phi) is 8.30. The van der Waals surface area contributed by atoms with Crippen LogP contribution in [0.3, 0.4) is 0 Å². The van der Waals surface area contributed by atoms with Gasteiger partial charge in [-0.3, -0.25) is 9.79 Å². The number of halogens is 4. The highest BCUT2D eigenvalue weighted by Gasteiger charge is 2.31. The zero-order valence-electron chi connectivity index (χ0n) is 19.0. The number of hydrogen-bond acceptors (Lipinski definition) is 5. The fourth-order valence-electron chi connectivity index (χ4n) is 3.10. The van der Waals surface area contributed by atoms with Crippen LogP contribution in [0.1, 0.15) is 44.7 Å². The van der Waals surface area contributed by atoms with Crippen LogP contribution in [0.2, 0.25) is 5.02 Å². The Balaban J connectivity index is 1.67. The first-order chi connectivity index (χ1) is 16.0. The first-order valence-electron chi connectivity index (χ1n) is 10.7. The van der Waals surface area contributed by atoms with E-state index in [9.17, 15) is 18.0 Å². The third-order valence-corrected chi connectivity index (χ3v) is 6.06. The van der Waals surface area contributed by atoms with E-state index in [4.69, 9.17) is 16.3 Å². The van der Waals surface area contributed by atoms with E-state index < -0.39 is 23.3 Å². The first kappa shape index (κ1) is 26.1. The summed E-state index contributed by atoms with van der Waals surface area (Å²) in [5.41, 5.74) is -0.183. The predicted molar refractivity (Wildman–Crippen MR) is 132 cm³/mol. The number of carbonyl (C=O) groups is 1. The molecule has 3 rings (SSSR count). The van der Waals surface area contributed by atoms with Gasteiger partial charge in [0.1, 0.15) is 16.5 Å². The monoisotopic (exact) mass is 511 g/mol. The molecule has 2 aromatic rings. The molecule has 0 saturated carbocycles. The van der Waals surface area contributed by atoms with E-state index in [0.29, 0.717) is 17.4 Å². The van der Waals surface area contributed by atoms with Crippen LogP contribution in [0.15, 0.2) is 52.4 Å². The Morgan fingerprint density at radius 2 is 1.85 bits per heavy atom. The fraction of sp³-hybridized carbons (Fsp3) is 0.375. The second-order valence-corrected chi connectivity index (χ2v) is 9.50. The minimum Gasteiger partial charge on any atom is -0.494 e. The summed E-state index contributed by atoms with van der Waals surface area (Å²) in [6.45, 7) is 6.45. The van der Waals surface area contributed by atoms with Gasteiger partial charge in [-0.05, 0) is 62.7 Å². The summed E-state index contributed by atoms with van der Waals surface area (Å²) in [7, 11) is 0. The third-order valence-electron chi connectivity index (χ3n) is 4.77. The minimum absolute atomic E-state index is 0.0224. The molecule has 34 heavy (non-hydrogen) atoms. The molecule has 0 spiro atoms. The van der Waals surface area contributed by atoms with Gasteiger partial charge < -0.3 is 10.1 Å². The number of rotatable bonds is 8. The van der Waals surface area contributed by atoms with Gasteiger partial charge in [0.05, 0.1) is 34.3 Å². The van der Waals surface area contributed by atoms with Crippen molar-refractivity contribution in [1.82, 2.24) is 0 Å². The number of amides is 1. The van der Waals surface area contributed by atoms with E-state index in [1.807, 2.05) is 38.1 Å². The van der Waals surface area contributed by atoms with Gasteiger partial charge in [0.25, 0.3) is 0 Å². The van der Waals surface area contributed by atoms with Gasteiger partial charge in [0.15, 0.2) is 0 Å².